The van der Waals surface area contributed by atoms with Gasteiger partial charge in [0.15, 0.2) is 5.96 Å². The molecule has 0 spiro atoms. The maximum Gasteiger partial charge on any atom is 0.213 e. The highest BCUT2D eigenvalue weighted by Gasteiger charge is 2.14. The number of benzene rings is 1. The standard InChI is InChI=1S/C17H29BrN4O2S/c1-5-19-17(20-12-9-13-22(4)25(23,24)6-2)21(3)14-15-10-7-8-11-16(15)18/h7-8,10-11H,5-6,9,12-14H2,1-4H3,(H,19,20). The molecule has 8 heteroatoms. The SMILES string of the molecule is CCNC(=NCCCN(C)S(=O)(=O)CC)N(C)Cc1ccccc1Br. The molecule has 142 valence electrons. The Labute approximate surface area is 160 Å². The normalized spacial score (nSPS) is 12.5. The van der Waals surface area contributed by atoms with Crippen LogP contribution < -0.4 is 5.32 Å². The molecule has 0 bridgehead atoms. The Morgan fingerprint density at radius 3 is 2.52 bits per heavy atom. The third-order valence-corrected chi connectivity index (χ3v) is 6.43. The summed E-state index contributed by atoms with van der Waals surface area (Å²) in [5.74, 6) is 0.948. The van der Waals surface area contributed by atoms with Gasteiger partial charge in [-0.15, -0.1) is 0 Å². The van der Waals surface area contributed by atoms with Crippen molar-refractivity contribution in [2.24, 2.45) is 4.99 Å². The molecule has 0 heterocycles. The van der Waals surface area contributed by atoms with Crippen molar-refractivity contribution in [3.05, 3.63) is 34.3 Å². The van der Waals surface area contributed by atoms with Crippen LogP contribution in [0.1, 0.15) is 25.8 Å². The summed E-state index contributed by atoms with van der Waals surface area (Å²) < 4.78 is 26.0. The van der Waals surface area contributed by atoms with Crippen LogP contribution in [0.3, 0.4) is 0 Å². The number of aliphatic imine (C=N–C) groups is 1. The lowest BCUT2D eigenvalue weighted by atomic mass is 10.2. The van der Waals surface area contributed by atoms with Crippen LogP contribution in [0.5, 0.6) is 0 Å². The molecule has 0 aliphatic rings. The maximum atomic E-state index is 11.7. The van der Waals surface area contributed by atoms with Gasteiger partial charge in [0.1, 0.15) is 0 Å². The van der Waals surface area contributed by atoms with E-state index in [1.165, 1.54) is 9.87 Å². The van der Waals surface area contributed by atoms with Gasteiger partial charge in [-0.2, -0.15) is 0 Å². The van der Waals surface area contributed by atoms with Gasteiger partial charge >= 0.3 is 0 Å². The van der Waals surface area contributed by atoms with Crippen LogP contribution in [-0.2, 0) is 16.6 Å². The summed E-state index contributed by atoms with van der Waals surface area (Å²) >= 11 is 3.57. The van der Waals surface area contributed by atoms with E-state index < -0.39 is 10.0 Å². The van der Waals surface area contributed by atoms with E-state index in [0.717, 1.165) is 23.5 Å². The number of hydrogen-bond acceptors (Lipinski definition) is 3. The van der Waals surface area contributed by atoms with Gasteiger partial charge in [-0.25, -0.2) is 12.7 Å². The van der Waals surface area contributed by atoms with Crippen molar-refractivity contribution in [3.8, 4) is 0 Å². The number of halogens is 1. The first-order valence-electron chi connectivity index (χ1n) is 8.48. The van der Waals surface area contributed by atoms with Crippen LogP contribution in [0, 0.1) is 0 Å². The fourth-order valence-corrected chi connectivity index (χ4v) is 3.52. The summed E-state index contributed by atoms with van der Waals surface area (Å²) in [7, 11) is 0.495. The van der Waals surface area contributed by atoms with Crippen molar-refractivity contribution in [3.63, 3.8) is 0 Å². The zero-order chi connectivity index (χ0) is 18.9. The second-order valence-electron chi connectivity index (χ2n) is 5.76. The molecule has 0 atom stereocenters. The highest BCUT2D eigenvalue weighted by Crippen LogP contribution is 2.17. The van der Waals surface area contributed by atoms with E-state index in [1.807, 2.05) is 32.2 Å². The Morgan fingerprint density at radius 1 is 1.24 bits per heavy atom. The molecule has 0 radical (unpaired) electrons. The molecule has 0 saturated carbocycles. The number of sulfonamides is 1. The molecule has 0 saturated heterocycles. The molecule has 0 amide bonds. The third kappa shape index (κ3) is 7.33. The van der Waals surface area contributed by atoms with Gasteiger partial charge < -0.3 is 10.2 Å². The van der Waals surface area contributed by atoms with Crippen LogP contribution in [0.15, 0.2) is 33.7 Å². The summed E-state index contributed by atoms with van der Waals surface area (Å²) in [5, 5.41) is 3.28. The van der Waals surface area contributed by atoms with Gasteiger partial charge in [0.25, 0.3) is 0 Å². The smallest absolute Gasteiger partial charge is 0.213 e. The van der Waals surface area contributed by atoms with E-state index in [4.69, 9.17) is 0 Å². The molecule has 1 aromatic rings. The van der Waals surface area contributed by atoms with Crippen molar-refractivity contribution in [2.45, 2.75) is 26.8 Å². The molecule has 6 nitrogen and oxygen atoms in total. The van der Waals surface area contributed by atoms with Crippen molar-refractivity contribution in [1.82, 2.24) is 14.5 Å². The molecule has 0 aliphatic carbocycles. The maximum absolute atomic E-state index is 11.7. The molecule has 1 aromatic carbocycles. The van der Waals surface area contributed by atoms with Gasteiger partial charge in [0, 0.05) is 44.7 Å². The Morgan fingerprint density at radius 2 is 1.92 bits per heavy atom. The zero-order valence-electron chi connectivity index (χ0n) is 15.5. The van der Waals surface area contributed by atoms with E-state index in [1.54, 1.807) is 14.0 Å². The largest absolute Gasteiger partial charge is 0.357 e. The molecule has 1 rings (SSSR count). The number of nitrogens with zero attached hydrogens (tertiary/aromatic N) is 3. The Balaban J connectivity index is 2.63. The van der Waals surface area contributed by atoms with E-state index in [0.29, 0.717) is 19.5 Å². The first-order valence-corrected chi connectivity index (χ1v) is 10.9. The van der Waals surface area contributed by atoms with Gasteiger partial charge in [-0.3, -0.25) is 4.99 Å². The molecular weight excluding hydrogens is 404 g/mol. The Kier molecular flexibility index (Phi) is 9.45. The molecule has 0 unspecified atom stereocenters. The third-order valence-electron chi connectivity index (χ3n) is 3.79. The Hall–Kier alpha value is -1.12. The van der Waals surface area contributed by atoms with E-state index >= 15 is 0 Å². The first-order chi connectivity index (χ1) is 11.8. The molecule has 25 heavy (non-hydrogen) atoms. The topological polar surface area (TPSA) is 65.0 Å². The van der Waals surface area contributed by atoms with Gasteiger partial charge in [0.2, 0.25) is 10.0 Å². The predicted molar refractivity (Wildman–Crippen MR) is 108 cm³/mol. The molecule has 0 aliphatic heterocycles. The van der Waals surface area contributed by atoms with Crippen molar-refractivity contribution in [2.75, 3.05) is 39.5 Å². The lowest BCUT2D eigenvalue weighted by molar-refractivity contribution is 0.458. The van der Waals surface area contributed by atoms with Crippen LogP contribution in [0.4, 0.5) is 0 Å². The van der Waals surface area contributed by atoms with E-state index in [9.17, 15) is 8.42 Å². The molecular formula is C17H29BrN4O2S. The number of hydrogen-bond donors (Lipinski definition) is 1. The van der Waals surface area contributed by atoms with Crippen molar-refractivity contribution in [1.29, 1.82) is 0 Å². The molecule has 0 fully saturated rings. The average molecular weight is 433 g/mol. The number of nitrogens with one attached hydrogen (secondary N) is 1. The van der Waals surface area contributed by atoms with Gasteiger partial charge in [-0.05, 0) is 31.9 Å². The van der Waals surface area contributed by atoms with Gasteiger partial charge in [0.05, 0.1) is 5.75 Å². The highest BCUT2D eigenvalue weighted by atomic mass is 79.9. The molecule has 0 aromatic heterocycles. The minimum absolute atomic E-state index is 0.129. The van der Waals surface area contributed by atoms with Crippen LogP contribution in [-0.4, -0.2) is 63.1 Å². The van der Waals surface area contributed by atoms with Crippen LogP contribution in [0.25, 0.3) is 0 Å². The quantitative estimate of drug-likeness (QED) is 0.369. The Bertz CT molecular complexity index is 664. The molecule has 1 N–H and O–H groups in total. The summed E-state index contributed by atoms with van der Waals surface area (Å²) in [4.78, 5) is 6.68. The minimum Gasteiger partial charge on any atom is -0.357 e. The van der Waals surface area contributed by atoms with Crippen molar-refractivity contribution < 1.29 is 8.42 Å². The van der Waals surface area contributed by atoms with E-state index in [-0.39, 0.29) is 5.75 Å². The first kappa shape index (κ1) is 21.9. The number of guanidine groups is 1. The fraction of sp³-hybridized carbons (Fsp3) is 0.588. The van der Waals surface area contributed by atoms with Crippen LogP contribution in [0.2, 0.25) is 0 Å². The second kappa shape index (κ2) is 10.8. The van der Waals surface area contributed by atoms with Crippen LogP contribution >= 0.6 is 15.9 Å². The summed E-state index contributed by atoms with van der Waals surface area (Å²) in [5.41, 5.74) is 1.18. The second-order valence-corrected chi connectivity index (χ2v) is 8.98. The van der Waals surface area contributed by atoms with E-state index in [2.05, 4.69) is 37.2 Å². The average Bonchev–Trinajstić information content (AvgIpc) is 2.59. The monoisotopic (exact) mass is 432 g/mol. The lowest BCUT2D eigenvalue weighted by Gasteiger charge is -2.23. The fourth-order valence-electron chi connectivity index (χ4n) is 2.26. The van der Waals surface area contributed by atoms with Crippen molar-refractivity contribution >= 4 is 31.9 Å². The zero-order valence-corrected chi connectivity index (χ0v) is 17.9. The summed E-state index contributed by atoms with van der Waals surface area (Å²) in [6, 6.07) is 8.11. The summed E-state index contributed by atoms with van der Waals surface area (Å²) in [6.45, 7) is 6.26. The minimum atomic E-state index is -3.12. The number of rotatable bonds is 9. The lowest BCUT2D eigenvalue weighted by Crippen LogP contribution is -2.38. The highest BCUT2D eigenvalue weighted by molar-refractivity contribution is 9.10. The summed E-state index contributed by atoms with van der Waals surface area (Å²) in [6.07, 6.45) is 0.688. The predicted octanol–water partition coefficient (Wildman–Crippen LogP) is 2.52. The van der Waals surface area contributed by atoms with Gasteiger partial charge in [-0.1, -0.05) is 34.1 Å².